The molecule has 2 aromatic carbocycles. The van der Waals surface area contributed by atoms with Crippen LogP contribution in [0.5, 0.6) is 11.5 Å². The molecule has 0 unspecified atom stereocenters. The molecule has 166 valence electrons. The van der Waals surface area contributed by atoms with E-state index in [0.717, 1.165) is 5.56 Å². The van der Waals surface area contributed by atoms with E-state index in [9.17, 15) is 18.0 Å². The molecule has 4 nitrogen and oxygen atoms in total. The number of ether oxygens (including phenoxy) is 2. The van der Waals surface area contributed by atoms with Crippen molar-refractivity contribution in [1.82, 2.24) is 0 Å². The lowest BCUT2D eigenvalue weighted by molar-refractivity contribution is -0.274. The highest BCUT2D eigenvalue weighted by Crippen LogP contribution is 2.34. The van der Waals surface area contributed by atoms with Crippen molar-refractivity contribution in [1.29, 1.82) is 0 Å². The van der Waals surface area contributed by atoms with Crippen molar-refractivity contribution in [2.45, 2.75) is 46.9 Å². The Morgan fingerprint density at radius 1 is 1.10 bits per heavy atom. The van der Waals surface area contributed by atoms with Crippen molar-refractivity contribution < 1.29 is 27.4 Å². The average molecular weight is 446 g/mol. The fourth-order valence-corrected chi connectivity index (χ4v) is 3.10. The van der Waals surface area contributed by atoms with Gasteiger partial charge in [0.05, 0.1) is 19.2 Å². The van der Waals surface area contributed by atoms with Gasteiger partial charge in [-0.05, 0) is 30.2 Å². The van der Waals surface area contributed by atoms with E-state index in [2.05, 4.69) is 4.74 Å². The Hall–Kier alpha value is -2.41. The topological polar surface area (TPSA) is 38.8 Å². The van der Waals surface area contributed by atoms with Crippen LogP contribution in [0.3, 0.4) is 0 Å². The Kier molecular flexibility index (Phi) is 9.99. The van der Waals surface area contributed by atoms with Crippen molar-refractivity contribution in [2.75, 3.05) is 18.6 Å². The van der Waals surface area contributed by atoms with E-state index >= 15 is 0 Å². The van der Waals surface area contributed by atoms with Crippen LogP contribution in [0.15, 0.2) is 36.4 Å². The van der Waals surface area contributed by atoms with Gasteiger partial charge in [0.2, 0.25) is 5.91 Å². The average Bonchev–Trinajstić information content (AvgIpc) is 3.14. The number of nitrogens with zero attached hydrogens (tertiary/aromatic N) is 1. The van der Waals surface area contributed by atoms with Crippen molar-refractivity contribution in [3.8, 4) is 11.5 Å². The molecule has 1 aliphatic rings. The first-order chi connectivity index (χ1) is 14.3. The summed E-state index contributed by atoms with van der Waals surface area (Å²) in [7, 11) is 1.48. The number of amides is 1. The Morgan fingerprint density at radius 3 is 2.37 bits per heavy atom. The molecule has 0 bridgehead atoms. The van der Waals surface area contributed by atoms with E-state index in [1.807, 2.05) is 27.7 Å². The van der Waals surface area contributed by atoms with Gasteiger partial charge in [0, 0.05) is 23.2 Å². The standard InChI is InChI=1S/C18H15ClF3NO3.2C2H6/c1-25-16-9-13(19)4-2-12(16)8-17(24)23-7-6-11-3-5-14(10-15(11)23)26-18(20,21)22;2*1-2/h2-5,9-10H,6-8H2,1H3;2*1-2H3. The van der Waals surface area contributed by atoms with Gasteiger partial charge in [0.15, 0.2) is 0 Å². The molecule has 0 radical (unpaired) electrons. The first-order valence-electron chi connectivity index (χ1n) is 9.78. The van der Waals surface area contributed by atoms with E-state index < -0.39 is 6.36 Å². The number of hydrogen-bond acceptors (Lipinski definition) is 3. The second kappa shape index (κ2) is 11.7. The van der Waals surface area contributed by atoms with Gasteiger partial charge in [-0.25, -0.2) is 0 Å². The number of rotatable bonds is 4. The van der Waals surface area contributed by atoms with Crippen LogP contribution in [0.25, 0.3) is 0 Å². The minimum atomic E-state index is -4.78. The molecular formula is C22H27ClF3NO3. The van der Waals surface area contributed by atoms with Crippen molar-refractivity contribution in [2.24, 2.45) is 0 Å². The van der Waals surface area contributed by atoms with Crippen molar-refractivity contribution in [3.05, 3.63) is 52.5 Å². The summed E-state index contributed by atoms with van der Waals surface area (Å²) in [5, 5.41) is 0.485. The molecule has 2 aromatic rings. The van der Waals surface area contributed by atoms with Crippen LogP contribution in [-0.2, 0) is 17.6 Å². The van der Waals surface area contributed by atoms with Gasteiger partial charge < -0.3 is 14.4 Å². The quantitative estimate of drug-likeness (QED) is 0.544. The van der Waals surface area contributed by atoms with Crippen LogP contribution in [-0.4, -0.2) is 25.9 Å². The Labute approximate surface area is 180 Å². The predicted molar refractivity (Wildman–Crippen MR) is 114 cm³/mol. The highest BCUT2D eigenvalue weighted by atomic mass is 35.5. The summed E-state index contributed by atoms with van der Waals surface area (Å²) in [6.45, 7) is 8.40. The zero-order valence-electron chi connectivity index (χ0n) is 17.8. The summed E-state index contributed by atoms with van der Waals surface area (Å²) in [6.07, 6.45) is -4.16. The van der Waals surface area contributed by atoms with Gasteiger partial charge in [-0.1, -0.05) is 51.4 Å². The van der Waals surface area contributed by atoms with Gasteiger partial charge in [0.1, 0.15) is 11.5 Å². The Morgan fingerprint density at radius 2 is 1.77 bits per heavy atom. The zero-order valence-corrected chi connectivity index (χ0v) is 18.5. The van der Waals surface area contributed by atoms with E-state index in [-0.39, 0.29) is 18.1 Å². The predicted octanol–water partition coefficient (Wildman–Crippen LogP) is 6.43. The van der Waals surface area contributed by atoms with Gasteiger partial charge in [-0.3, -0.25) is 4.79 Å². The maximum absolute atomic E-state index is 12.7. The van der Waals surface area contributed by atoms with E-state index in [0.29, 0.717) is 35.0 Å². The third-order valence-corrected chi connectivity index (χ3v) is 4.31. The number of benzene rings is 2. The number of anilines is 1. The molecule has 8 heteroatoms. The smallest absolute Gasteiger partial charge is 0.496 e. The molecule has 0 atom stereocenters. The maximum atomic E-state index is 12.7. The lowest BCUT2D eigenvalue weighted by Crippen LogP contribution is -2.30. The Bertz CT molecular complexity index is 841. The van der Waals surface area contributed by atoms with Crippen LogP contribution in [0.4, 0.5) is 18.9 Å². The number of fused-ring (bicyclic) bond motifs is 1. The molecular weight excluding hydrogens is 419 g/mol. The number of halogens is 4. The maximum Gasteiger partial charge on any atom is 0.573 e. The van der Waals surface area contributed by atoms with E-state index in [1.165, 1.54) is 24.1 Å². The monoisotopic (exact) mass is 445 g/mol. The summed E-state index contributed by atoms with van der Waals surface area (Å²) < 4.78 is 46.5. The highest BCUT2D eigenvalue weighted by Gasteiger charge is 2.32. The fraction of sp³-hybridized carbons (Fsp3) is 0.409. The first-order valence-corrected chi connectivity index (χ1v) is 10.2. The van der Waals surface area contributed by atoms with Gasteiger partial charge in [-0.2, -0.15) is 0 Å². The molecule has 1 aliphatic heterocycles. The Balaban J connectivity index is 0.00000106. The summed E-state index contributed by atoms with van der Waals surface area (Å²) in [5.74, 6) is -0.104. The lowest BCUT2D eigenvalue weighted by Gasteiger charge is -2.19. The molecule has 0 aromatic heterocycles. The fourth-order valence-electron chi connectivity index (χ4n) is 2.94. The molecule has 3 rings (SSSR count). The van der Waals surface area contributed by atoms with Crippen LogP contribution in [0.2, 0.25) is 5.02 Å². The molecule has 1 heterocycles. The number of methoxy groups -OCH3 is 1. The minimum absolute atomic E-state index is 0.0458. The SMILES string of the molecule is CC.CC.COc1cc(Cl)ccc1CC(=O)N1CCc2ccc(OC(F)(F)F)cc21. The number of hydrogen-bond donors (Lipinski definition) is 0. The zero-order chi connectivity index (χ0) is 22.9. The third-order valence-electron chi connectivity index (χ3n) is 4.08. The molecule has 0 saturated heterocycles. The number of carbonyl (C=O) groups is 1. The van der Waals surface area contributed by atoms with Crippen molar-refractivity contribution >= 4 is 23.2 Å². The highest BCUT2D eigenvalue weighted by molar-refractivity contribution is 6.30. The third kappa shape index (κ3) is 6.83. The summed E-state index contributed by atoms with van der Waals surface area (Å²) in [4.78, 5) is 14.2. The number of carbonyl (C=O) groups excluding carboxylic acids is 1. The lowest BCUT2D eigenvalue weighted by atomic mass is 10.1. The second-order valence-corrected chi connectivity index (χ2v) is 6.20. The van der Waals surface area contributed by atoms with E-state index in [4.69, 9.17) is 16.3 Å². The van der Waals surface area contributed by atoms with Gasteiger partial charge in [0.25, 0.3) is 0 Å². The summed E-state index contributed by atoms with van der Waals surface area (Å²) in [6, 6.07) is 9.00. The second-order valence-electron chi connectivity index (χ2n) is 5.77. The molecule has 1 amide bonds. The summed E-state index contributed by atoms with van der Waals surface area (Å²) >= 11 is 5.92. The molecule has 0 fully saturated rings. The minimum Gasteiger partial charge on any atom is -0.496 e. The number of alkyl halides is 3. The normalized spacial score (nSPS) is 12.1. The first kappa shape index (κ1) is 25.6. The van der Waals surface area contributed by atoms with Gasteiger partial charge >= 0.3 is 6.36 Å². The van der Waals surface area contributed by atoms with Crippen molar-refractivity contribution in [3.63, 3.8) is 0 Å². The molecule has 0 aliphatic carbocycles. The molecule has 0 saturated carbocycles. The summed E-state index contributed by atoms with van der Waals surface area (Å²) in [5.41, 5.74) is 1.89. The van der Waals surface area contributed by atoms with Crippen LogP contribution < -0.4 is 14.4 Å². The van der Waals surface area contributed by atoms with Crippen LogP contribution in [0.1, 0.15) is 38.8 Å². The van der Waals surface area contributed by atoms with Gasteiger partial charge in [-0.15, -0.1) is 13.2 Å². The molecule has 30 heavy (non-hydrogen) atoms. The largest absolute Gasteiger partial charge is 0.573 e. The van der Waals surface area contributed by atoms with Crippen LogP contribution >= 0.6 is 11.6 Å². The van der Waals surface area contributed by atoms with Crippen LogP contribution in [0, 0.1) is 0 Å². The molecule has 0 N–H and O–H groups in total. The molecule has 0 spiro atoms. The van der Waals surface area contributed by atoms with E-state index in [1.54, 1.807) is 24.3 Å².